The van der Waals surface area contributed by atoms with Crippen molar-refractivity contribution in [1.29, 1.82) is 0 Å². The average molecular weight is 297 g/mol. The Morgan fingerprint density at radius 1 is 0.955 bits per heavy atom. The van der Waals surface area contributed by atoms with Crippen LogP contribution in [0.15, 0.2) is 42.5 Å². The second-order valence-electron chi connectivity index (χ2n) is 6.42. The summed E-state index contributed by atoms with van der Waals surface area (Å²) in [7, 11) is 0. The fraction of sp³-hybridized carbons (Fsp3) is 0.316. The lowest BCUT2D eigenvalue weighted by atomic mass is 10.1. The molecule has 0 heterocycles. The van der Waals surface area contributed by atoms with E-state index in [9.17, 15) is 4.79 Å². The van der Waals surface area contributed by atoms with Crippen LogP contribution in [-0.2, 0) is 4.74 Å². The third kappa shape index (κ3) is 3.88. The first-order valence-electron chi connectivity index (χ1n) is 7.43. The molecular weight excluding hydrogens is 274 g/mol. The molecule has 0 aliphatic heterocycles. The van der Waals surface area contributed by atoms with Crippen LogP contribution in [0.2, 0.25) is 0 Å². The smallest absolute Gasteiger partial charge is 0.340 e. The lowest BCUT2D eigenvalue weighted by Gasteiger charge is -2.21. The van der Waals surface area contributed by atoms with Gasteiger partial charge in [-0.25, -0.2) is 4.79 Å². The minimum atomic E-state index is -0.510. The van der Waals surface area contributed by atoms with Crippen molar-refractivity contribution < 1.29 is 9.53 Å². The van der Waals surface area contributed by atoms with Crippen molar-refractivity contribution in [2.45, 2.75) is 40.2 Å². The van der Waals surface area contributed by atoms with E-state index in [1.165, 1.54) is 11.1 Å². The number of aryl methyl sites for hydroxylation is 1. The van der Waals surface area contributed by atoms with Gasteiger partial charge in [-0.3, -0.25) is 0 Å². The molecule has 0 fully saturated rings. The van der Waals surface area contributed by atoms with Crippen LogP contribution in [0.5, 0.6) is 0 Å². The molecule has 2 aromatic rings. The van der Waals surface area contributed by atoms with Crippen molar-refractivity contribution in [3.8, 4) is 0 Å². The van der Waals surface area contributed by atoms with Crippen LogP contribution >= 0.6 is 0 Å². The van der Waals surface area contributed by atoms with Crippen molar-refractivity contribution in [2.75, 3.05) is 5.32 Å². The van der Waals surface area contributed by atoms with Gasteiger partial charge in [0.1, 0.15) is 5.60 Å². The van der Waals surface area contributed by atoms with E-state index in [0.29, 0.717) is 5.56 Å². The van der Waals surface area contributed by atoms with E-state index in [4.69, 9.17) is 4.74 Å². The Morgan fingerprint density at radius 3 is 2.27 bits per heavy atom. The third-order valence-corrected chi connectivity index (χ3v) is 3.42. The number of rotatable bonds is 3. The second kappa shape index (κ2) is 6.22. The molecule has 0 bridgehead atoms. The number of esters is 1. The molecule has 0 saturated carbocycles. The van der Waals surface area contributed by atoms with Crippen LogP contribution < -0.4 is 5.32 Å². The standard InChI is InChI=1S/C19H23NO2/c1-13-9-8-12-16(14(13)2)20-17-11-7-6-10-15(17)18(21)22-19(3,4)5/h6-12,20H,1-5H3. The summed E-state index contributed by atoms with van der Waals surface area (Å²) in [5, 5.41) is 3.35. The zero-order chi connectivity index (χ0) is 16.3. The number of hydrogen-bond donors (Lipinski definition) is 1. The zero-order valence-corrected chi connectivity index (χ0v) is 13.9. The van der Waals surface area contributed by atoms with E-state index in [0.717, 1.165) is 11.4 Å². The van der Waals surface area contributed by atoms with Crippen molar-refractivity contribution in [2.24, 2.45) is 0 Å². The highest BCUT2D eigenvalue weighted by molar-refractivity contribution is 5.96. The topological polar surface area (TPSA) is 38.3 Å². The van der Waals surface area contributed by atoms with Crippen molar-refractivity contribution in [3.63, 3.8) is 0 Å². The highest BCUT2D eigenvalue weighted by Gasteiger charge is 2.20. The Morgan fingerprint density at radius 2 is 1.59 bits per heavy atom. The first-order chi connectivity index (χ1) is 10.3. The zero-order valence-electron chi connectivity index (χ0n) is 13.9. The maximum Gasteiger partial charge on any atom is 0.340 e. The number of hydrogen-bond acceptors (Lipinski definition) is 3. The molecule has 116 valence electrons. The number of carbonyl (C=O) groups excluding carboxylic acids is 1. The molecular formula is C19H23NO2. The Labute approximate surface area is 132 Å². The molecule has 0 spiro atoms. The molecule has 3 nitrogen and oxygen atoms in total. The lowest BCUT2D eigenvalue weighted by Crippen LogP contribution is -2.24. The molecule has 0 radical (unpaired) electrons. The molecule has 0 saturated heterocycles. The van der Waals surface area contributed by atoms with Gasteiger partial charge in [0.2, 0.25) is 0 Å². The van der Waals surface area contributed by atoms with E-state index in [-0.39, 0.29) is 5.97 Å². The van der Waals surface area contributed by atoms with Crippen LogP contribution in [0.25, 0.3) is 0 Å². The highest BCUT2D eigenvalue weighted by Crippen LogP contribution is 2.26. The molecule has 0 aliphatic carbocycles. The molecule has 0 aromatic heterocycles. The van der Waals surface area contributed by atoms with E-state index in [2.05, 4.69) is 25.2 Å². The van der Waals surface area contributed by atoms with Crippen molar-refractivity contribution >= 4 is 17.3 Å². The molecule has 0 aliphatic rings. The Kier molecular flexibility index (Phi) is 4.55. The molecule has 0 unspecified atom stereocenters. The summed E-state index contributed by atoms with van der Waals surface area (Å²) in [4.78, 5) is 12.4. The first kappa shape index (κ1) is 16.1. The molecule has 3 heteroatoms. The van der Waals surface area contributed by atoms with Gasteiger partial charge in [0.05, 0.1) is 11.3 Å². The Bertz CT molecular complexity index is 684. The summed E-state index contributed by atoms with van der Waals surface area (Å²) < 4.78 is 5.48. The van der Waals surface area contributed by atoms with Gasteiger partial charge in [0.15, 0.2) is 0 Å². The van der Waals surface area contributed by atoms with E-state index in [1.807, 2.05) is 51.1 Å². The van der Waals surface area contributed by atoms with E-state index >= 15 is 0 Å². The van der Waals surface area contributed by atoms with Gasteiger partial charge >= 0.3 is 5.97 Å². The summed E-state index contributed by atoms with van der Waals surface area (Å²) in [6.07, 6.45) is 0. The molecule has 2 rings (SSSR count). The maximum atomic E-state index is 12.4. The van der Waals surface area contributed by atoms with Gasteiger partial charge in [-0.2, -0.15) is 0 Å². The van der Waals surface area contributed by atoms with Gasteiger partial charge in [-0.1, -0.05) is 24.3 Å². The number of para-hydroxylation sites is 1. The molecule has 0 atom stereocenters. The number of nitrogens with one attached hydrogen (secondary N) is 1. The minimum absolute atomic E-state index is 0.319. The van der Waals surface area contributed by atoms with Gasteiger partial charge in [0.25, 0.3) is 0 Å². The number of carbonyl (C=O) groups is 1. The summed E-state index contributed by atoms with van der Waals surface area (Å²) >= 11 is 0. The van der Waals surface area contributed by atoms with Crippen LogP contribution in [-0.4, -0.2) is 11.6 Å². The SMILES string of the molecule is Cc1cccc(Nc2ccccc2C(=O)OC(C)(C)C)c1C. The Balaban J connectivity index is 2.33. The quantitative estimate of drug-likeness (QED) is 0.810. The van der Waals surface area contributed by atoms with Gasteiger partial charge in [-0.15, -0.1) is 0 Å². The molecule has 22 heavy (non-hydrogen) atoms. The van der Waals surface area contributed by atoms with Gasteiger partial charge < -0.3 is 10.1 Å². The van der Waals surface area contributed by atoms with E-state index in [1.54, 1.807) is 6.07 Å². The third-order valence-electron chi connectivity index (χ3n) is 3.42. The largest absolute Gasteiger partial charge is 0.456 e. The van der Waals surface area contributed by atoms with E-state index < -0.39 is 5.60 Å². The normalized spacial score (nSPS) is 11.1. The molecule has 1 N–H and O–H groups in total. The lowest BCUT2D eigenvalue weighted by molar-refractivity contribution is 0.00707. The fourth-order valence-electron chi connectivity index (χ4n) is 2.13. The average Bonchev–Trinajstić information content (AvgIpc) is 2.42. The molecule has 0 amide bonds. The first-order valence-corrected chi connectivity index (χ1v) is 7.43. The highest BCUT2D eigenvalue weighted by atomic mass is 16.6. The molecule has 2 aromatic carbocycles. The van der Waals surface area contributed by atoms with Crippen LogP contribution in [0, 0.1) is 13.8 Å². The van der Waals surface area contributed by atoms with Gasteiger partial charge in [0, 0.05) is 5.69 Å². The van der Waals surface area contributed by atoms with Crippen LogP contribution in [0.1, 0.15) is 42.3 Å². The predicted octanol–water partition coefficient (Wildman–Crippen LogP) is 5.00. The number of benzene rings is 2. The maximum absolute atomic E-state index is 12.4. The fourth-order valence-corrected chi connectivity index (χ4v) is 2.13. The summed E-state index contributed by atoms with van der Waals surface area (Å²) in [5.41, 5.74) is 4.16. The van der Waals surface area contributed by atoms with Crippen molar-refractivity contribution in [3.05, 3.63) is 59.2 Å². The number of ether oxygens (including phenoxy) is 1. The summed E-state index contributed by atoms with van der Waals surface area (Å²) in [6, 6.07) is 13.5. The van der Waals surface area contributed by atoms with Crippen molar-refractivity contribution in [1.82, 2.24) is 0 Å². The van der Waals surface area contributed by atoms with Crippen LogP contribution in [0.3, 0.4) is 0 Å². The minimum Gasteiger partial charge on any atom is -0.456 e. The monoisotopic (exact) mass is 297 g/mol. The second-order valence-corrected chi connectivity index (χ2v) is 6.42. The van der Waals surface area contributed by atoms with Crippen LogP contribution in [0.4, 0.5) is 11.4 Å². The predicted molar refractivity (Wildman–Crippen MR) is 90.8 cm³/mol. The summed E-state index contributed by atoms with van der Waals surface area (Å²) in [5.74, 6) is -0.319. The number of anilines is 2. The summed E-state index contributed by atoms with van der Waals surface area (Å²) in [6.45, 7) is 9.73. The van der Waals surface area contributed by atoms with Gasteiger partial charge in [-0.05, 0) is 63.9 Å². The Hall–Kier alpha value is -2.29.